The van der Waals surface area contributed by atoms with Crippen LogP contribution >= 0.6 is 27.7 Å². The summed E-state index contributed by atoms with van der Waals surface area (Å²) in [5.74, 6) is 1.02. The number of nitrogens with zero attached hydrogens (tertiary/aromatic N) is 1. The van der Waals surface area contributed by atoms with Crippen LogP contribution in [0.4, 0.5) is 0 Å². The normalized spacial score (nSPS) is 19.9. The van der Waals surface area contributed by atoms with Crippen LogP contribution in [0.15, 0.2) is 70.0 Å². The summed E-state index contributed by atoms with van der Waals surface area (Å²) in [4.78, 5) is 27.8. The third-order valence-corrected chi connectivity index (χ3v) is 9.11. The molecule has 3 aliphatic rings. The van der Waals surface area contributed by atoms with Crippen LogP contribution in [-0.2, 0) is 9.53 Å². The Hall–Kier alpha value is -2.65. The second-order valence-electron chi connectivity index (χ2n) is 9.85. The molecule has 190 valence electrons. The minimum absolute atomic E-state index is 0.221. The van der Waals surface area contributed by atoms with E-state index in [0.717, 1.165) is 46.9 Å². The summed E-state index contributed by atoms with van der Waals surface area (Å²) in [6.07, 6.45) is 0.962. The fraction of sp³-hybridized carbons (Fsp3) is 0.310. The third kappa shape index (κ3) is 4.83. The van der Waals surface area contributed by atoms with E-state index in [2.05, 4.69) is 26.9 Å². The second kappa shape index (κ2) is 9.91. The predicted molar refractivity (Wildman–Crippen MR) is 148 cm³/mol. The molecular formula is C29H26BrNO5S. The zero-order valence-corrected chi connectivity index (χ0v) is 22.5. The van der Waals surface area contributed by atoms with Gasteiger partial charge in [0.25, 0.3) is 0 Å². The molecule has 1 spiro atoms. The number of ketones is 2. The first kappa shape index (κ1) is 24.7. The topological polar surface area (TPSA) is 76.1 Å². The van der Waals surface area contributed by atoms with E-state index in [1.165, 1.54) is 11.8 Å². The van der Waals surface area contributed by atoms with Crippen LogP contribution < -0.4 is 4.74 Å². The largest absolute Gasteiger partial charge is 0.491 e. The van der Waals surface area contributed by atoms with Gasteiger partial charge in [0.05, 0.1) is 0 Å². The Morgan fingerprint density at radius 3 is 2.54 bits per heavy atom. The molecule has 2 aliphatic heterocycles. The van der Waals surface area contributed by atoms with Gasteiger partial charge in [0.2, 0.25) is 11.6 Å². The highest BCUT2D eigenvalue weighted by atomic mass is 79.9. The molecule has 0 unspecified atom stereocenters. The van der Waals surface area contributed by atoms with Crippen molar-refractivity contribution >= 4 is 55.8 Å². The summed E-state index contributed by atoms with van der Waals surface area (Å²) in [6.45, 7) is 2.30. The van der Waals surface area contributed by atoms with Gasteiger partial charge in [-0.05, 0) is 35.0 Å². The third-order valence-electron chi connectivity index (χ3n) is 7.29. The monoisotopic (exact) mass is 579 g/mol. The fourth-order valence-corrected chi connectivity index (χ4v) is 6.87. The summed E-state index contributed by atoms with van der Waals surface area (Å²) in [5.41, 5.74) is 0.753. The minimum Gasteiger partial charge on any atom is -0.491 e. The number of halogens is 1. The molecule has 1 saturated heterocycles. The Kier molecular flexibility index (Phi) is 6.61. The highest BCUT2D eigenvalue weighted by Gasteiger charge is 2.46. The number of rotatable bonds is 5. The highest BCUT2D eigenvalue weighted by molar-refractivity contribution is 9.10. The summed E-state index contributed by atoms with van der Waals surface area (Å²) in [6, 6.07) is 19.2. The molecule has 37 heavy (non-hydrogen) atoms. The van der Waals surface area contributed by atoms with E-state index in [4.69, 9.17) is 9.47 Å². The Morgan fingerprint density at radius 2 is 1.73 bits per heavy atom. The number of aliphatic hydroxyl groups is 1. The van der Waals surface area contributed by atoms with Crippen LogP contribution in [0.25, 0.3) is 16.5 Å². The molecule has 3 aromatic rings. The first-order valence-electron chi connectivity index (χ1n) is 12.4. The molecule has 1 aliphatic carbocycles. The van der Waals surface area contributed by atoms with Crippen molar-refractivity contribution < 1.29 is 24.2 Å². The SMILES string of the molecule is O=C1C(=O)c2ccccc2C2=C1SCC1(CCN(C[C@H](O)COc3ccc4cc(Br)ccc4c3)CC1)O2. The summed E-state index contributed by atoms with van der Waals surface area (Å²) < 4.78 is 13.5. The molecule has 0 amide bonds. The zero-order valence-electron chi connectivity index (χ0n) is 20.1. The lowest BCUT2D eigenvalue weighted by molar-refractivity contribution is -0.111. The van der Waals surface area contributed by atoms with Crippen molar-refractivity contribution in [3.8, 4) is 5.75 Å². The maximum atomic E-state index is 12.7. The van der Waals surface area contributed by atoms with E-state index in [-0.39, 0.29) is 12.2 Å². The number of Topliss-reactive ketones (excluding diaryl/α,β-unsaturated/α-hetero) is 2. The van der Waals surface area contributed by atoms with Crippen LogP contribution in [0.1, 0.15) is 28.8 Å². The van der Waals surface area contributed by atoms with E-state index < -0.39 is 17.7 Å². The van der Waals surface area contributed by atoms with Crippen LogP contribution in [0.3, 0.4) is 0 Å². The molecule has 6 nitrogen and oxygen atoms in total. The van der Waals surface area contributed by atoms with E-state index in [1.807, 2.05) is 42.5 Å². The number of carbonyl (C=O) groups is 2. The number of fused-ring (bicyclic) bond motifs is 3. The van der Waals surface area contributed by atoms with Crippen LogP contribution in [-0.4, -0.2) is 65.3 Å². The van der Waals surface area contributed by atoms with E-state index in [1.54, 1.807) is 12.1 Å². The van der Waals surface area contributed by atoms with Crippen molar-refractivity contribution in [3.63, 3.8) is 0 Å². The predicted octanol–water partition coefficient (Wildman–Crippen LogP) is 5.07. The van der Waals surface area contributed by atoms with Gasteiger partial charge in [0.15, 0.2) is 0 Å². The van der Waals surface area contributed by atoms with Crippen molar-refractivity contribution in [1.29, 1.82) is 0 Å². The van der Waals surface area contributed by atoms with Gasteiger partial charge in [-0.15, -0.1) is 11.8 Å². The number of benzene rings is 3. The molecule has 0 radical (unpaired) electrons. The van der Waals surface area contributed by atoms with Gasteiger partial charge >= 0.3 is 0 Å². The first-order valence-corrected chi connectivity index (χ1v) is 14.2. The number of ether oxygens (including phenoxy) is 2. The Balaban J connectivity index is 1.05. The fourth-order valence-electron chi connectivity index (χ4n) is 5.23. The Labute approximate surface area is 227 Å². The van der Waals surface area contributed by atoms with Crippen molar-refractivity contribution in [2.45, 2.75) is 24.5 Å². The zero-order chi connectivity index (χ0) is 25.6. The highest BCUT2D eigenvalue weighted by Crippen LogP contribution is 2.47. The maximum Gasteiger partial charge on any atom is 0.243 e. The summed E-state index contributed by atoms with van der Waals surface area (Å²) >= 11 is 4.94. The van der Waals surface area contributed by atoms with E-state index in [0.29, 0.717) is 34.1 Å². The van der Waals surface area contributed by atoms with Gasteiger partial charge in [0, 0.05) is 53.8 Å². The van der Waals surface area contributed by atoms with Crippen molar-refractivity contribution in [1.82, 2.24) is 4.90 Å². The summed E-state index contributed by atoms with van der Waals surface area (Å²) in [5, 5.41) is 12.9. The molecule has 3 aromatic carbocycles. The molecule has 2 heterocycles. The van der Waals surface area contributed by atoms with Crippen LogP contribution in [0, 0.1) is 0 Å². The molecular weight excluding hydrogens is 554 g/mol. The number of piperidine rings is 1. The Morgan fingerprint density at radius 1 is 1.00 bits per heavy atom. The van der Waals surface area contributed by atoms with E-state index >= 15 is 0 Å². The molecule has 1 fully saturated rings. The Bertz CT molecular complexity index is 1430. The van der Waals surface area contributed by atoms with Gasteiger partial charge in [-0.1, -0.05) is 52.3 Å². The number of hydrogen-bond acceptors (Lipinski definition) is 7. The number of hydrogen-bond donors (Lipinski definition) is 1. The number of likely N-dealkylation sites (tertiary alicyclic amines) is 1. The molecule has 1 atom stereocenters. The van der Waals surface area contributed by atoms with Gasteiger partial charge in [-0.25, -0.2) is 0 Å². The van der Waals surface area contributed by atoms with Gasteiger partial charge < -0.3 is 19.5 Å². The second-order valence-corrected chi connectivity index (χ2v) is 11.8. The van der Waals surface area contributed by atoms with Crippen LogP contribution in [0.5, 0.6) is 5.75 Å². The molecule has 1 N–H and O–H groups in total. The van der Waals surface area contributed by atoms with Gasteiger partial charge in [-0.3, -0.25) is 9.59 Å². The average molecular weight is 580 g/mol. The molecule has 0 saturated carbocycles. The number of carbonyl (C=O) groups excluding carboxylic acids is 2. The van der Waals surface area contributed by atoms with Gasteiger partial charge in [0.1, 0.15) is 34.7 Å². The van der Waals surface area contributed by atoms with E-state index in [9.17, 15) is 14.7 Å². The summed E-state index contributed by atoms with van der Waals surface area (Å²) in [7, 11) is 0. The molecule has 8 heteroatoms. The van der Waals surface area contributed by atoms with Crippen molar-refractivity contribution in [2.75, 3.05) is 32.0 Å². The van der Waals surface area contributed by atoms with Gasteiger partial charge in [-0.2, -0.15) is 0 Å². The number of aliphatic hydroxyl groups excluding tert-OH is 1. The first-order chi connectivity index (χ1) is 17.9. The smallest absolute Gasteiger partial charge is 0.243 e. The molecule has 0 bridgehead atoms. The lowest BCUT2D eigenvalue weighted by Gasteiger charge is -2.45. The average Bonchev–Trinajstić information content (AvgIpc) is 2.92. The number of allylic oxidation sites excluding steroid dienone is 1. The standard InChI is InChI=1S/C29H26BrNO5S/c30-20-7-5-19-14-22(8-6-18(19)13-20)35-16-21(32)15-31-11-9-29(10-12-31)17-37-28-26(34)25(33)23-3-1-2-4-24(23)27(28)36-29/h1-8,13-14,21,32H,9-12,15-17H2/t21-/m0/s1. The maximum absolute atomic E-state index is 12.7. The number of β-amino-alcohol motifs (C(OH)–C–C–N with tert-alkyl or cyclic N) is 1. The molecule has 6 rings (SSSR count). The lowest BCUT2D eigenvalue weighted by Crippen LogP contribution is -2.51. The number of thioether (sulfide) groups is 1. The lowest BCUT2D eigenvalue weighted by atomic mass is 9.90. The van der Waals surface area contributed by atoms with Crippen molar-refractivity contribution in [2.24, 2.45) is 0 Å². The molecule has 0 aromatic heterocycles. The quantitative estimate of drug-likeness (QED) is 0.423. The van der Waals surface area contributed by atoms with Crippen molar-refractivity contribution in [3.05, 3.63) is 81.2 Å². The van der Waals surface area contributed by atoms with Crippen LogP contribution in [0.2, 0.25) is 0 Å². The minimum atomic E-state index is -0.612.